The molecule has 3 N–H and O–H groups in total. The number of hydrogen-bond donors (Lipinski definition) is 3. The summed E-state index contributed by atoms with van der Waals surface area (Å²) in [6, 6.07) is 17.8. The van der Waals surface area contributed by atoms with Crippen LogP contribution in [0.15, 0.2) is 66.7 Å². The molecule has 3 rings (SSSR count). The molecule has 0 aliphatic heterocycles. The van der Waals surface area contributed by atoms with Gasteiger partial charge in [-0.25, -0.2) is 14.4 Å². The second-order valence-corrected chi connectivity index (χ2v) is 10.7. The number of carboxylic acid groups (broad SMARTS) is 2. The average molecular weight is 507 g/mol. The van der Waals surface area contributed by atoms with Crippen LogP contribution in [0.3, 0.4) is 0 Å². The van der Waals surface area contributed by atoms with Gasteiger partial charge in [-0.3, -0.25) is 0 Å². The number of phenolic OH excluding ortho intramolecular Hbond substituents is 1. The second kappa shape index (κ2) is 11.7. The van der Waals surface area contributed by atoms with Gasteiger partial charge in [0.25, 0.3) is 0 Å². The number of ether oxygens (including phenoxy) is 1. The second-order valence-electron chi connectivity index (χ2n) is 10.7. The molecule has 0 saturated heterocycles. The van der Waals surface area contributed by atoms with Gasteiger partial charge in [-0.15, -0.1) is 0 Å². The van der Waals surface area contributed by atoms with Gasteiger partial charge in [0.2, 0.25) is 0 Å². The normalized spacial score (nSPS) is 11.2. The summed E-state index contributed by atoms with van der Waals surface area (Å²) >= 11 is 0. The van der Waals surface area contributed by atoms with Crippen LogP contribution in [-0.2, 0) is 22.2 Å². The molecule has 7 nitrogen and oxygen atoms in total. The lowest BCUT2D eigenvalue weighted by molar-refractivity contribution is 0.0471. The van der Waals surface area contributed by atoms with Crippen LogP contribution in [0, 0.1) is 0 Å². The maximum atomic E-state index is 12.7. The molecule has 0 heterocycles. The molecule has 0 aliphatic rings. The van der Waals surface area contributed by atoms with Gasteiger partial charge < -0.3 is 20.1 Å². The van der Waals surface area contributed by atoms with Crippen molar-refractivity contribution in [2.75, 3.05) is 0 Å². The first-order valence-electron chi connectivity index (χ1n) is 11.8. The molecule has 0 saturated carbocycles. The highest BCUT2D eigenvalue weighted by atomic mass is 16.5. The number of carboxylic acids is 2. The number of carbonyl (C=O) groups is 3. The first kappa shape index (κ1) is 29.1. The van der Waals surface area contributed by atoms with E-state index >= 15 is 0 Å². The summed E-state index contributed by atoms with van der Waals surface area (Å²) in [6.07, 6.45) is 0. The van der Waals surface area contributed by atoms with E-state index in [0.717, 1.165) is 0 Å². The predicted molar refractivity (Wildman–Crippen MR) is 141 cm³/mol. The molecule has 0 aliphatic carbocycles. The number of phenols is 1. The highest BCUT2D eigenvalue weighted by Crippen LogP contribution is 2.39. The van der Waals surface area contributed by atoms with Crippen LogP contribution in [0.1, 0.15) is 89.3 Å². The molecule has 0 atom stereocenters. The molecule has 196 valence electrons. The van der Waals surface area contributed by atoms with Gasteiger partial charge in [-0.2, -0.15) is 0 Å². The summed E-state index contributed by atoms with van der Waals surface area (Å²) in [5, 5.41) is 28.1. The first-order chi connectivity index (χ1) is 17.1. The maximum Gasteiger partial charge on any atom is 0.338 e. The topological polar surface area (TPSA) is 121 Å². The van der Waals surface area contributed by atoms with E-state index in [4.69, 9.17) is 14.9 Å². The lowest BCUT2D eigenvalue weighted by Crippen LogP contribution is -2.19. The standard InChI is InChI=1S/C23H28O5.C7H6O2/c1-22(2,3)17-11-16(12-18(19(17)24)23(4,5)6)21(27)28-13-14-7-9-15(10-8-14)20(25)26;8-7(9)6-4-2-1-3-5-6/h7-12,24H,13H2,1-6H3,(H,25,26);1-5H,(H,8,9). The predicted octanol–water partition coefficient (Wildman–Crippen LogP) is 6.43. The Morgan fingerprint density at radius 1 is 0.676 bits per heavy atom. The van der Waals surface area contributed by atoms with Gasteiger partial charge in [0.1, 0.15) is 12.4 Å². The number of benzene rings is 3. The molecule has 3 aromatic carbocycles. The summed E-state index contributed by atoms with van der Waals surface area (Å²) in [4.78, 5) is 33.8. The fourth-order valence-corrected chi connectivity index (χ4v) is 3.45. The Hall–Kier alpha value is -4.13. The Bertz CT molecular complexity index is 1210. The van der Waals surface area contributed by atoms with E-state index in [9.17, 15) is 19.5 Å². The minimum atomic E-state index is -1.00. The van der Waals surface area contributed by atoms with Crippen LogP contribution in [0.4, 0.5) is 0 Å². The Balaban J connectivity index is 0.000000449. The molecule has 0 spiro atoms. The van der Waals surface area contributed by atoms with E-state index in [1.54, 1.807) is 54.6 Å². The zero-order valence-corrected chi connectivity index (χ0v) is 22.0. The lowest BCUT2D eigenvalue weighted by atomic mass is 9.78. The largest absolute Gasteiger partial charge is 0.507 e. The van der Waals surface area contributed by atoms with Crippen molar-refractivity contribution in [3.05, 3.63) is 100 Å². The van der Waals surface area contributed by atoms with Crippen LogP contribution < -0.4 is 0 Å². The summed E-state index contributed by atoms with van der Waals surface area (Å²) in [7, 11) is 0. The molecular formula is C30H34O7. The Morgan fingerprint density at radius 3 is 1.49 bits per heavy atom. The molecule has 0 amide bonds. The number of hydrogen-bond acceptors (Lipinski definition) is 5. The van der Waals surface area contributed by atoms with Crippen molar-refractivity contribution < 1.29 is 34.4 Å². The minimum absolute atomic E-state index is 0.0370. The van der Waals surface area contributed by atoms with Crippen LogP contribution in [0.25, 0.3) is 0 Å². The van der Waals surface area contributed by atoms with Crippen molar-refractivity contribution in [2.45, 2.75) is 59.0 Å². The molecule has 3 aromatic rings. The highest BCUT2D eigenvalue weighted by Gasteiger charge is 2.28. The van der Waals surface area contributed by atoms with Crippen molar-refractivity contribution >= 4 is 17.9 Å². The van der Waals surface area contributed by atoms with Crippen LogP contribution >= 0.6 is 0 Å². The molecule has 7 heteroatoms. The first-order valence-corrected chi connectivity index (χ1v) is 11.8. The van der Waals surface area contributed by atoms with Gasteiger partial charge in [-0.05, 0) is 52.8 Å². The summed E-state index contributed by atoms with van der Waals surface area (Å²) in [6.45, 7) is 11.9. The van der Waals surface area contributed by atoms with E-state index in [1.807, 2.05) is 41.5 Å². The van der Waals surface area contributed by atoms with Crippen LogP contribution in [-0.4, -0.2) is 33.2 Å². The third-order valence-electron chi connectivity index (χ3n) is 5.55. The molecular weight excluding hydrogens is 472 g/mol. The number of carbonyl (C=O) groups excluding carboxylic acids is 1. The van der Waals surface area contributed by atoms with E-state index in [0.29, 0.717) is 27.8 Å². The van der Waals surface area contributed by atoms with Gasteiger partial charge in [0.05, 0.1) is 16.7 Å². The van der Waals surface area contributed by atoms with Crippen molar-refractivity contribution in [1.82, 2.24) is 0 Å². The molecule has 37 heavy (non-hydrogen) atoms. The summed E-state index contributed by atoms with van der Waals surface area (Å²) in [5.74, 6) is -2.16. The average Bonchev–Trinajstić information content (AvgIpc) is 2.82. The van der Waals surface area contributed by atoms with E-state index in [1.165, 1.54) is 12.1 Å². The molecule has 0 aromatic heterocycles. The fourth-order valence-electron chi connectivity index (χ4n) is 3.45. The molecule has 0 radical (unpaired) electrons. The number of rotatable bonds is 5. The number of esters is 1. The molecule has 0 fully saturated rings. The van der Waals surface area contributed by atoms with Gasteiger partial charge >= 0.3 is 17.9 Å². The minimum Gasteiger partial charge on any atom is -0.507 e. The van der Waals surface area contributed by atoms with Crippen molar-refractivity contribution in [1.29, 1.82) is 0 Å². The van der Waals surface area contributed by atoms with Crippen molar-refractivity contribution in [3.63, 3.8) is 0 Å². The monoisotopic (exact) mass is 506 g/mol. The van der Waals surface area contributed by atoms with E-state index in [-0.39, 0.29) is 28.7 Å². The highest BCUT2D eigenvalue weighted by molar-refractivity contribution is 5.91. The smallest absolute Gasteiger partial charge is 0.338 e. The number of aromatic hydroxyl groups is 1. The van der Waals surface area contributed by atoms with Gasteiger partial charge in [0.15, 0.2) is 0 Å². The van der Waals surface area contributed by atoms with Crippen LogP contribution in [0.5, 0.6) is 5.75 Å². The van der Waals surface area contributed by atoms with Crippen molar-refractivity contribution in [2.24, 2.45) is 0 Å². The third-order valence-corrected chi connectivity index (χ3v) is 5.55. The van der Waals surface area contributed by atoms with E-state index < -0.39 is 17.9 Å². The summed E-state index contributed by atoms with van der Waals surface area (Å²) in [5.41, 5.74) is 2.30. The molecule has 0 unspecified atom stereocenters. The third kappa shape index (κ3) is 8.20. The summed E-state index contributed by atoms with van der Waals surface area (Å²) < 4.78 is 5.42. The van der Waals surface area contributed by atoms with Crippen LogP contribution in [0.2, 0.25) is 0 Å². The maximum absolute atomic E-state index is 12.7. The SMILES string of the molecule is CC(C)(C)c1cc(C(=O)OCc2ccc(C(=O)O)cc2)cc(C(C)(C)C)c1O.O=C(O)c1ccccc1. The fraction of sp³-hybridized carbons (Fsp3) is 0.300. The van der Waals surface area contributed by atoms with Gasteiger partial charge in [-0.1, -0.05) is 71.9 Å². The quantitative estimate of drug-likeness (QED) is 0.341. The lowest BCUT2D eigenvalue weighted by Gasteiger charge is -2.28. The zero-order valence-electron chi connectivity index (χ0n) is 22.0. The zero-order chi connectivity index (χ0) is 28.0. The van der Waals surface area contributed by atoms with Crippen molar-refractivity contribution in [3.8, 4) is 5.75 Å². The van der Waals surface area contributed by atoms with Gasteiger partial charge in [0, 0.05) is 11.1 Å². The Kier molecular flexibility index (Phi) is 9.23. The molecule has 0 bridgehead atoms. The Morgan fingerprint density at radius 2 is 1.11 bits per heavy atom. The number of aromatic carboxylic acids is 2. The Labute approximate surface area is 217 Å². The van der Waals surface area contributed by atoms with E-state index in [2.05, 4.69) is 0 Å².